The summed E-state index contributed by atoms with van der Waals surface area (Å²) >= 11 is 6.04. The van der Waals surface area contributed by atoms with Gasteiger partial charge in [0, 0.05) is 18.4 Å². The lowest BCUT2D eigenvalue weighted by Gasteiger charge is -2.21. The molecule has 5 heteroatoms. The zero-order valence-electron chi connectivity index (χ0n) is 10.3. The number of aromatic nitrogens is 1. The van der Waals surface area contributed by atoms with Crippen LogP contribution in [0.4, 0.5) is 0 Å². The van der Waals surface area contributed by atoms with Gasteiger partial charge in [-0.1, -0.05) is 11.6 Å². The molecule has 0 N–H and O–H groups in total. The van der Waals surface area contributed by atoms with E-state index in [2.05, 4.69) is 4.98 Å². The molecule has 1 aliphatic rings. The number of carbonyl (C=O) groups excluding carboxylic acids is 1. The predicted molar refractivity (Wildman–Crippen MR) is 70.9 cm³/mol. The Hall–Kier alpha value is -1.81. The minimum atomic E-state index is -0.0636. The van der Waals surface area contributed by atoms with Gasteiger partial charge in [0.05, 0.1) is 23.4 Å². The summed E-state index contributed by atoms with van der Waals surface area (Å²) in [7, 11) is 0. The summed E-state index contributed by atoms with van der Waals surface area (Å²) in [6.45, 7) is 0.481. The van der Waals surface area contributed by atoms with Crippen molar-refractivity contribution in [3.63, 3.8) is 0 Å². The Kier molecular flexibility index (Phi) is 3.25. The Morgan fingerprint density at radius 3 is 2.95 bits per heavy atom. The molecule has 2 aromatic rings. The largest absolute Gasteiger partial charge is 0.467 e. The van der Waals surface area contributed by atoms with Crippen molar-refractivity contribution in [2.75, 3.05) is 0 Å². The summed E-state index contributed by atoms with van der Waals surface area (Å²) in [5.74, 6) is 0.719. The molecule has 0 bridgehead atoms. The van der Waals surface area contributed by atoms with Gasteiger partial charge in [0.1, 0.15) is 5.76 Å². The average Bonchev–Trinajstić information content (AvgIpc) is 3.13. The van der Waals surface area contributed by atoms with Crippen LogP contribution in [0.25, 0.3) is 0 Å². The second kappa shape index (κ2) is 5.05. The number of hydrogen-bond acceptors (Lipinski definition) is 3. The van der Waals surface area contributed by atoms with Crippen LogP contribution >= 0.6 is 11.6 Å². The number of amides is 1. The van der Waals surface area contributed by atoms with Crippen LogP contribution in [0.2, 0.25) is 5.02 Å². The second-order valence-electron chi connectivity index (χ2n) is 4.60. The standard InChI is InChI=1S/C14H13ClN2O2/c15-13-8-16-6-5-12(13)14(18)17(10-3-4-10)9-11-2-1-7-19-11/h1-2,5-8,10H,3-4,9H2. The molecule has 0 aromatic carbocycles. The zero-order chi connectivity index (χ0) is 13.2. The molecule has 19 heavy (non-hydrogen) atoms. The third kappa shape index (κ3) is 2.63. The van der Waals surface area contributed by atoms with E-state index in [-0.39, 0.29) is 5.91 Å². The molecule has 0 aliphatic heterocycles. The van der Waals surface area contributed by atoms with E-state index in [4.69, 9.17) is 16.0 Å². The van der Waals surface area contributed by atoms with Gasteiger partial charge in [-0.2, -0.15) is 0 Å². The van der Waals surface area contributed by atoms with Crippen molar-refractivity contribution < 1.29 is 9.21 Å². The molecule has 3 rings (SSSR count). The Morgan fingerprint density at radius 1 is 1.47 bits per heavy atom. The maximum Gasteiger partial charge on any atom is 0.256 e. The fraction of sp³-hybridized carbons (Fsp3) is 0.286. The Bertz CT molecular complexity index is 579. The van der Waals surface area contributed by atoms with Crippen molar-refractivity contribution >= 4 is 17.5 Å². The van der Waals surface area contributed by atoms with Crippen LogP contribution in [-0.4, -0.2) is 21.8 Å². The summed E-state index contributed by atoms with van der Waals surface area (Å²) < 4.78 is 5.32. The van der Waals surface area contributed by atoms with Crippen LogP contribution in [-0.2, 0) is 6.54 Å². The van der Waals surface area contributed by atoms with Crippen molar-refractivity contribution in [1.29, 1.82) is 0 Å². The normalized spacial score (nSPS) is 14.4. The monoisotopic (exact) mass is 276 g/mol. The molecule has 4 nitrogen and oxygen atoms in total. The first kappa shape index (κ1) is 12.2. The third-order valence-corrected chi connectivity index (χ3v) is 3.46. The molecule has 1 amide bonds. The first-order chi connectivity index (χ1) is 9.25. The van der Waals surface area contributed by atoms with E-state index in [0.29, 0.717) is 23.2 Å². The molecular formula is C14H13ClN2O2. The van der Waals surface area contributed by atoms with E-state index in [9.17, 15) is 4.79 Å². The van der Waals surface area contributed by atoms with Gasteiger partial charge in [0.2, 0.25) is 0 Å². The summed E-state index contributed by atoms with van der Waals surface area (Å²) in [6, 6.07) is 5.64. The Morgan fingerprint density at radius 2 is 2.32 bits per heavy atom. The topological polar surface area (TPSA) is 46.3 Å². The summed E-state index contributed by atoms with van der Waals surface area (Å²) in [5.41, 5.74) is 0.495. The predicted octanol–water partition coefficient (Wildman–Crippen LogP) is 3.13. The highest BCUT2D eigenvalue weighted by Gasteiger charge is 2.34. The molecule has 0 saturated heterocycles. The van der Waals surface area contributed by atoms with Gasteiger partial charge < -0.3 is 9.32 Å². The quantitative estimate of drug-likeness (QED) is 0.862. The lowest BCUT2D eigenvalue weighted by atomic mass is 10.2. The van der Waals surface area contributed by atoms with Crippen molar-refractivity contribution in [3.05, 3.63) is 53.2 Å². The van der Waals surface area contributed by atoms with Crippen molar-refractivity contribution in [3.8, 4) is 0 Å². The van der Waals surface area contributed by atoms with Crippen molar-refractivity contribution in [2.45, 2.75) is 25.4 Å². The second-order valence-corrected chi connectivity index (χ2v) is 5.01. The summed E-state index contributed by atoms with van der Waals surface area (Å²) in [4.78, 5) is 18.3. The van der Waals surface area contributed by atoms with E-state index in [0.717, 1.165) is 18.6 Å². The number of nitrogens with zero attached hydrogens (tertiary/aromatic N) is 2. The minimum absolute atomic E-state index is 0.0636. The lowest BCUT2D eigenvalue weighted by Crippen LogP contribution is -2.32. The fourth-order valence-corrected chi connectivity index (χ4v) is 2.23. The number of furan rings is 1. The van der Waals surface area contributed by atoms with Gasteiger partial charge in [-0.05, 0) is 31.0 Å². The van der Waals surface area contributed by atoms with E-state index >= 15 is 0 Å². The van der Waals surface area contributed by atoms with Crippen LogP contribution < -0.4 is 0 Å². The highest BCUT2D eigenvalue weighted by molar-refractivity contribution is 6.33. The first-order valence-corrected chi connectivity index (χ1v) is 6.56. The molecule has 0 radical (unpaired) electrons. The van der Waals surface area contributed by atoms with Gasteiger partial charge in [-0.15, -0.1) is 0 Å². The van der Waals surface area contributed by atoms with Crippen molar-refractivity contribution in [2.24, 2.45) is 0 Å². The van der Waals surface area contributed by atoms with Crippen LogP contribution in [0.3, 0.4) is 0 Å². The molecule has 1 aliphatic carbocycles. The number of pyridine rings is 1. The molecule has 1 fully saturated rings. The Balaban J connectivity index is 1.84. The van der Waals surface area contributed by atoms with E-state index in [1.54, 1.807) is 18.5 Å². The number of rotatable bonds is 4. The molecule has 2 heterocycles. The van der Waals surface area contributed by atoms with Crippen LogP contribution in [0.5, 0.6) is 0 Å². The lowest BCUT2D eigenvalue weighted by molar-refractivity contribution is 0.0717. The van der Waals surface area contributed by atoms with Gasteiger partial charge in [-0.25, -0.2) is 0 Å². The number of hydrogen-bond donors (Lipinski definition) is 0. The van der Waals surface area contributed by atoms with Gasteiger partial charge >= 0.3 is 0 Å². The number of halogens is 1. The van der Waals surface area contributed by atoms with Gasteiger partial charge in [0.25, 0.3) is 5.91 Å². The molecular weight excluding hydrogens is 264 g/mol. The molecule has 0 unspecified atom stereocenters. The summed E-state index contributed by atoms with van der Waals surface area (Å²) in [6.07, 6.45) is 6.76. The third-order valence-electron chi connectivity index (χ3n) is 3.16. The molecule has 0 spiro atoms. The van der Waals surface area contributed by atoms with Crippen LogP contribution in [0.1, 0.15) is 29.0 Å². The van der Waals surface area contributed by atoms with Crippen LogP contribution in [0, 0.1) is 0 Å². The molecule has 2 aromatic heterocycles. The first-order valence-electron chi connectivity index (χ1n) is 6.18. The SMILES string of the molecule is O=C(c1ccncc1Cl)N(Cc1ccco1)C1CC1. The number of carbonyl (C=O) groups is 1. The maximum atomic E-state index is 12.5. The van der Waals surface area contributed by atoms with E-state index in [1.807, 2.05) is 17.0 Å². The highest BCUT2D eigenvalue weighted by Crippen LogP contribution is 2.31. The zero-order valence-corrected chi connectivity index (χ0v) is 11.0. The minimum Gasteiger partial charge on any atom is -0.467 e. The van der Waals surface area contributed by atoms with E-state index < -0.39 is 0 Å². The van der Waals surface area contributed by atoms with Gasteiger partial charge in [0.15, 0.2) is 0 Å². The van der Waals surface area contributed by atoms with Crippen LogP contribution in [0.15, 0.2) is 41.3 Å². The van der Waals surface area contributed by atoms with Crippen molar-refractivity contribution in [1.82, 2.24) is 9.88 Å². The van der Waals surface area contributed by atoms with Gasteiger partial charge in [-0.3, -0.25) is 9.78 Å². The summed E-state index contributed by atoms with van der Waals surface area (Å²) in [5, 5.41) is 0.387. The van der Waals surface area contributed by atoms with E-state index in [1.165, 1.54) is 6.20 Å². The molecule has 0 atom stereocenters. The maximum absolute atomic E-state index is 12.5. The highest BCUT2D eigenvalue weighted by atomic mass is 35.5. The Labute approximate surface area is 116 Å². The average molecular weight is 277 g/mol. The molecule has 98 valence electrons. The smallest absolute Gasteiger partial charge is 0.256 e. The molecule has 1 saturated carbocycles. The fourth-order valence-electron chi connectivity index (χ4n) is 2.03.